The summed E-state index contributed by atoms with van der Waals surface area (Å²) >= 11 is 0. The second kappa shape index (κ2) is 7.45. The third kappa shape index (κ3) is 3.80. The number of nitrogens with zero attached hydrogens (tertiary/aromatic N) is 3. The van der Waals surface area contributed by atoms with Crippen LogP contribution >= 0.6 is 0 Å². The van der Waals surface area contributed by atoms with Gasteiger partial charge >= 0.3 is 0 Å². The van der Waals surface area contributed by atoms with Gasteiger partial charge in [0, 0.05) is 41.1 Å². The average molecular weight is 356 g/mol. The Morgan fingerprint density at radius 1 is 1.26 bits per heavy atom. The second-order valence-electron chi connectivity index (χ2n) is 5.87. The SMILES string of the molecule is Cc1cc(C#N)cnc1C(=O)Nc1ccc(N)c(C(=N)c2cccnc2)c1. The number of hydrogen-bond donors (Lipinski definition) is 3. The van der Waals surface area contributed by atoms with Gasteiger partial charge < -0.3 is 11.1 Å². The minimum absolute atomic E-state index is 0.212. The first-order valence-electron chi connectivity index (χ1n) is 8.06. The number of benzene rings is 1. The molecule has 7 heteroatoms. The monoisotopic (exact) mass is 356 g/mol. The number of carbonyl (C=O) groups is 1. The summed E-state index contributed by atoms with van der Waals surface area (Å²) in [6, 6.07) is 12.0. The van der Waals surface area contributed by atoms with E-state index in [-0.39, 0.29) is 11.4 Å². The maximum Gasteiger partial charge on any atom is 0.274 e. The van der Waals surface area contributed by atoms with E-state index in [4.69, 9.17) is 16.4 Å². The van der Waals surface area contributed by atoms with Crippen molar-refractivity contribution in [1.29, 1.82) is 10.7 Å². The molecule has 0 fully saturated rings. The average Bonchev–Trinajstić information content (AvgIpc) is 2.69. The van der Waals surface area contributed by atoms with E-state index in [0.717, 1.165) is 0 Å². The number of nitrogens with one attached hydrogen (secondary N) is 2. The molecule has 27 heavy (non-hydrogen) atoms. The van der Waals surface area contributed by atoms with Crippen LogP contribution < -0.4 is 11.1 Å². The van der Waals surface area contributed by atoms with E-state index >= 15 is 0 Å². The molecule has 0 unspecified atom stereocenters. The van der Waals surface area contributed by atoms with Crippen LogP contribution in [0, 0.1) is 23.7 Å². The Balaban J connectivity index is 1.87. The van der Waals surface area contributed by atoms with Crippen molar-refractivity contribution in [3.8, 4) is 6.07 Å². The molecule has 0 aliphatic rings. The Morgan fingerprint density at radius 3 is 2.74 bits per heavy atom. The quantitative estimate of drug-likeness (QED) is 0.489. The molecule has 0 saturated heterocycles. The van der Waals surface area contributed by atoms with E-state index in [1.165, 1.54) is 6.20 Å². The van der Waals surface area contributed by atoms with Crippen molar-refractivity contribution in [3.63, 3.8) is 0 Å². The molecular weight excluding hydrogens is 340 g/mol. The molecule has 132 valence electrons. The molecule has 1 aromatic carbocycles. The van der Waals surface area contributed by atoms with E-state index in [0.29, 0.717) is 33.6 Å². The number of carbonyl (C=O) groups excluding carboxylic acids is 1. The zero-order valence-electron chi connectivity index (χ0n) is 14.5. The van der Waals surface area contributed by atoms with Crippen LogP contribution in [0.3, 0.4) is 0 Å². The summed E-state index contributed by atoms with van der Waals surface area (Å²) in [6.45, 7) is 1.72. The van der Waals surface area contributed by atoms with Crippen molar-refractivity contribution < 1.29 is 4.79 Å². The highest BCUT2D eigenvalue weighted by Crippen LogP contribution is 2.22. The number of pyridine rings is 2. The Bertz CT molecular complexity index is 1070. The summed E-state index contributed by atoms with van der Waals surface area (Å²) < 4.78 is 0. The molecule has 3 aromatic rings. The molecule has 3 rings (SSSR count). The predicted molar refractivity (Wildman–Crippen MR) is 103 cm³/mol. The Kier molecular flexibility index (Phi) is 4.90. The highest BCUT2D eigenvalue weighted by atomic mass is 16.1. The van der Waals surface area contributed by atoms with Gasteiger partial charge in [-0.15, -0.1) is 0 Å². The largest absolute Gasteiger partial charge is 0.398 e. The van der Waals surface area contributed by atoms with Crippen molar-refractivity contribution in [2.24, 2.45) is 0 Å². The van der Waals surface area contributed by atoms with Gasteiger partial charge in [-0.3, -0.25) is 15.2 Å². The molecule has 2 heterocycles. The molecule has 0 saturated carbocycles. The lowest BCUT2D eigenvalue weighted by Gasteiger charge is -2.12. The van der Waals surface area contributed by atoms with Crippen LogP contribution in [-0.4, -0.2) is 21.6 Å². The number of hydrogen-bond acceptors (Lipinski definition) is 6. The topological polar surface area (TPSA) is 129 Å². The smallest absolute Gasteiger partial charge is 0.274 e. The van der Waals surface area contributed by atoms with Gasteiger partial charge in [0.1, 0.15) is 11.8 Å². The van der Waals surface area contributed by atoms with Crippen LogP contribution in [0.5, 0.6) is 0 Å². The first kappa shape index (κ1) is 17.8. The molecule has 0 bridgehead atoms. The molecule has 2 aromatic heterocycles. The summed E-state index contributed by atoms with van der Waals surface area (Å²) in [6.07, 6.45) is 4.56. The number of amides is 1. The minimum Gasteiger partial charge on any atom is -0.398 e. The summed E-state index contributed by atoms with van der Waals surface area (Å²) in [4.78, 5) is 20.6. The zero-order chi connectivity index (χ0) is 19.4. The number of nitriles is 1. The number of anilines is 2. The fourth-order valence-electron chi connectivity index (χ4n) is 2.58. The first-order valence-corrected chi connectivity index (χ1v) is 8.06. The van der Waals surface area contributed by atoms with Gasteiger partial charge in [-0.25, -0.2) is 4.98 Å². The van der Waals surface area contributed by atoms with Gasteiger partial charge in [0.05, 0.1) is 11.3 Å². The van der Waals surface area contributed by atoms with Gasteiger partial charge in [-0.2, -0.15) is 5.26 Å². The maximum absolute atomic E-state index is 12.5. The van der Waals surface area contributed by atoms with Gasteiger partial charge in [0.2, 0.25) is 0 Å². The number of rotatable bonds is 4. The number of aryl methyl sites for hydroxylation is 1. The Labute approximate surface area is 156 Å². The fraction of sp³-hybridized carbons (Fsp3) is 0.0500. The molecule has 0 spiro atoms. The Hall–Kier alpha value is -4.05. The maximum atomic E-state index is 12.5. The molecular formula is C20H16N6O. The van der Waals surface area contributed by atoms with E-state index in [9.17, 15) is 4.79 Å². The van der Waals surface area contributed by atoms with Crippen LogP contribution in [0.1, 0.15) is 32.7 Å². The van der Waals surface area contributed by atoms with Crippen LogP contribution in [0.2, 0.25) is 0 Å². The number of nitrogens with two attached hydrogens (primary N) is 1. The minimum atomic E-state index is -0.402. The molecule has 0 atom stereocenters. The molecule has 0 radical (unpaired) electrons. The van der Waals surface area contributed by atoms with Gasteiger partial charge in [-0.1, -0.05) is 0 Å². The second-order valence-corrected chi connectivity index (χ2v) is 5.87. The molecule has 4 N–H and O–H groups in total. The first-order chi connectivity index (χ1) is 13.0. The normalized spacial score (nSPS) is 10.1. The third-order valence-corrected chi connectivity index (χ3v) is 3.95. The lowest BCUT2D eigenvalue weighted by molar-refractivity contribution is 0.102. The van der Waals surface area contributed by atoms with Gasteiger partial charge in [0.15, 0.2) is 0 Å². The van der Waals surface area contributed by atoms with E-state index in [1.807, 2.05) is 6.07 Å². The van der Waals surface area contributed by atoms with Crippen LogP contribution in [0.25, 0.3) is 0 Å². The highest BCUT2D eigenvalue weighted by Gasteiger charge is 2.14. The van der Waals surface area contributed by atoms with Gasteiger partial charge in [0.25, 0.3) is 5.91 Å². The predicted octanol–water partition coefficient (Wildman–Crippen LogP) is 2.91. The van der Waals surface area contributed by atoms with E-state index < -0.39 is 5.91 Å². The van der Waals surface area contributed by atoms with Crippen LogP contribution in [-0.2, 0) is 0 Å². The highest BCUT2D eigenvalue weighted by molar-refractivity contribution is 6.14. The third-order valence-electron chi connectivity index (χ3n) is 3.95. The van der Waals surface area contributed by atoms with Crippen LogP contribution in [0.4, 0.5) is 11.4 Å². The lowest BCUT2D eigenvalue weighted by Crippen LogP contribution is -2.16. The fourth-order valence-corrected chi connectivity index (χ4v) is 2.58. The van der Waals surface area contributed by atoms with Crippen molar-refractivity contribution >= 4 is 23.0 Å². The molecule has 0 aliphatic heterocycles. The van der Waals surface area contributed by atoms with Gasteiger partial charge in [-0.05, 0) is 48.9 Å². The van der Waals surface area contributed by atoms with Crippen LogP contribution in [0.15, 0.2) is 55.0 Å². The van der Waals surface area contributed by atoms with E-state index in [2.05, 4.69) is 15.3 Å². The summed E-state index contributed by atoms with van der Waals surface area (Å²) in [5.74, 6) is -0.402. The summed E-state index contributed by atoms with van der Waals surface area (Å²) in [5, 5.41) is 20.0. The van der Waals surface area contributed by atoms with Crippen molar-refractivity contribution in [2.75, 3.05) is 11.1 Å². The summed E-state index contributed by atoms with van der Waals surface area (Å²) in [5.41, 5.74) is 9.48. The molecule has 7 nitrogen and oxygen atoms in total. The Morgan fingerprint density at radius 2 is 2.07 bits per heavy atom. The zero-order valence-corrected chi connectivity index (χ0v) is 14.5. The number of nitrogen functional groups attached to an aromatic ring is 1. The van der Waals surface area contributed by atoms with Crippen molar-refractivity contribution in [3.05, 3.63) is 82.9 Å². The lowest BCUT2D eigenvalue weighted by atomic mass is 10.0. The van der Waals surface area contributed by atoms with Crippen molar-refractivity contribution in [1.82, 2.24) is 9.97 Å². The summed E-state index contributed by atoms with van der Waals surface area (Å²) in [7, 11) is 0. The van der Waals surface area contributed by atoms with E-state index in [1.54, 1.807) is 55.7 Å². The number of aromatic nitrogens is 2. The molecule has 1 amide bonds. The standard InChI is InChI=1S/C20H16N6O/c1-12-7-13(9-21)10-25-19(12)20(27)26-15-4-5-17(22)16(8-15)18(23)14-3-2-6-24-11-14/h2-8,10-11,23H,22H2,1H3,(H,26,27). The van der Waals surface area contributed by atoms with Crippen molar-refractivity contribution in [2.45, 2.75) is 6.92 Å². The molecule has 0 aliphatic carbocycles.